The van der Waals surface area contributed by atoms with Crippen molar-refractivity contribution >= 4 is 23.2 Å². The lowest BCUT2D eigenvalue weighted by Crippen LogP contribution is -2.46. The maximum Gasteiger partial charge on any atom is 0.247 e. The quantitative estimate of drug-likeness (QED) is 0.184. The van der Waals surface area contributed by atoms with Crippen molar-refractivity contribution in [2.75, 3.05) is 0 Å². The predicted molar refractivity (Wildman–Crippen MR) is 61.3 cm³/mol. The Balaban J connectivity index is 2.77. The molecule has 0 bridgehead atoms. The second kappa shape index (κ2) is 4.77. The molecule has 0 aliphatic carbocycles. The summed E-state index contributed by atoms with van der Waals surface area (Å²) >= 11 is 4.53. The first kappa shape index (κ1) is 12.2. The van der Waals surface area contributed by atoms with Gasteiger partial charge in [-0.1, -0.05) is 6.07 Å². The number of phenolic OH excluding ortho intramolecular Hbond substituents is 2. The van der Waals surface area contributed by atoms with E-state index in [0.29, 0.717) is 10.6 Å². The zero-order valence-corrected chi connectivity index (χ0v) is 9.07. The highest BCUT2D eigenvalue weighted by Crippen LogP contribution is 2.25. The van der Waals surface area contributed by atoms with Crippen LogP contribution < -0.4 is 11.6 Å². The van der Waals surface area contributed by atoms with Crippen LogP contribution in [0.1, 0.15) is 5.56 Å². The zero-order chi connectivity index (χ0) is 12.3. The summed E-state index contributed by atoms with van der Waals surface area (Å²) in [4.78, 5) is 11.4. The number of carbonyl (C=O) groups is 1. The standard InChI is InChI=1S/C9H11N3O3S/c10-9(16)12(11)8(15)4-5-1-2-6(13)7(14)3-5/h1-3,13-14H,4,11H2,(H2,10,16). The summed E-state index contributed by atoms with van der Waals surface area (Å²) in [5, 5.41) is 18.7. The SMILES string of the molecule is NC(=S)N(N)C(=O)Cc1ccc(O)c(O)c1. The Bertz CT molecular complexity index is 436. The van der Waals surface area contributed by atoms with E-state index >= 15 is 0 Å². The summed E-state index contributed by atoms with van der Waals surface area (Å²) in [5.41, 5.74) is 5.66. The molecule has 1 aromatic rings. The molecule has 0 aliphatic heterocycles. The number of aromatic hydroxyl groups is 2. The average Bonchev–Trinajstić information content (AvgIpc) is 2.22. The van der Waals surface area contributed by atoms with Gasteiger partial charge >= 0.3 is 0 Å². The molecule has 1 aromatic carbocycles. The smallest absolute Gasteiger partial charge is 0.247 e. The Hall–Kier alpha value is -1.86. The molecule has 0 unspecified atom stereocenters. The normalized spacial score (nSPS) is 9.81. The summed E-state index contributed by atoms with van der Waals surface area (Å²) in [6.45, 7) is 0. The second-order valence-corrected chi connectivity index (χ2v) is 3.52. The number of hydrogen-bond acceptors (Lipinski definition) is 5. The van der Waals surface area contributed by atoms with Crippen molar-refractivity contribution in [1.82, 2.24) is 5.01 Å². The van der Waals surface area contributed by atoms with Gasteiger partial charge in [0, 0.05) is 0 Å². The molecule has 1 rings (SSSR count). The van der Waals surface area contributed by atoms with Crippen molar-refractivity contribution in [2.45, 2.75) is 6.42 Å². The second-order valence-electron chi connectivity index (χ2n) is 3.10. The number of hydrazine groups is 1. The van der Waals surface area contributed by atoms with Gasteiger partial charge in [-0.25, -0.2) is 10.9 Å². The summed E-state index contributed by atoms with van der Waals surface area (Å²) in [6, 6.07) is 4.03. The molecule has 7 heteroatoms. The van der Waals surface area contributed by atoms with Crippen LogP contribution in [0.25, 0.3) is 0 Å². The Labute approximate surface area is 97.0 Å². The van der Waals surface area contributed by atoms with Gasteiger partial charge < -0.3 is 15.9 Å². The number of amides is 1. The van der Waals surface area contributed by atoms with Gasteiger partial charge in [-0.15, -0.1) is 0 Å². The van der Waals surface area contributed by atoms with Crippen LogP contribution >= 0.6 is 12.2 Å². The van der Waals surface area contributed by atoms with E-state index < -0.39 is 5.91 Å². The first-order valence-corrected chi connectivity index (χ1v) is 4.70. The highest BCUT2D eigenvalue weighted by atomic mass is 32.1. The Morgan fingerprint density at radius 2 is 2.00 bits per heavy atom. The van der Waals surface area contributed by atoms with Crippen molar-refractivity contribution in [3.05, 3.63) is 23.8 Å². The average molecular weight is 241 g/mol. The third-order valence-electron chi connectivity index (χ3n) is 1.90. The number of rotatable bonds is 2. The van der Waals surface area contributed by atoms with E-state index in [1.54, 1.807) is 0 Å². The zero-order valence-electron chi connectivity index (χ0n) is 8.25. The van der Waals surface area contributed by atoms with Gasteiger partial charge in [0.25, 0.3) is 0 Å². The number of thiocarbonyl (C=S) groups is 1. The molecular formula is C9H11N3O3S. The van der Waals surface area contributed by atoms with Gasteiger partial charge in [0.1, 0.15) is 0 Å². The lowest BCUT2D eigenvalue weighted by Gasteiger charge is -2.13. The number of carbonyl (C=O) groups excluding carboxylic acids is 1. The Morgan fingerprint density at radius 3 is 2.50 bits per heavy atom. The van der Waals surface area contributed by atoms with E-state index in [1.807, 2.05) is 0 Å². The van der Waals surface area contributed by atoms with Crippen molar-refractivity contribution in [2.24, 2.45) is 11.6 Å². The van der Waals surface area contributed by atoms with Gasteiger partial charge in [0.15, 0.2) is 16.6 Å². The van der Waals surface area contributed by atoms with Gasteiger partial charge in [0.2, 0.25) is 5.91 Å². The molecule has 0 aromatic heterocycles. The minimum Gasteiger partial charge on any atom is -0.504 e. The molecule has 0 spiro atoms. The number of nitrogens with zero attached hydrogens (tertiary/aromatic N) is 1. The topological polar surface area (TPSA) is 113 Å². The molecule has 0 aliphatic rings. The van der Waals surface area contributed by atoms with Crippen LogP contribution in [0.3, 0.4) is 0 Å². The molecule has 86 valence electrons. The predicted octanol–water partition coefficient (Wildman–Crippen LogP) is -0.414. The van der Waals surface area contributed by atoms with E-state index in [2.05, 4.69) is 12.2 Å². The highest BCUT2D eigenvalue weighted by molar-refractivity contribution is 7.80. The molecule has 6 nitrogen and oxygen atoms in total. The van der Waals surface area contributed by atoms with Gasteiger partial charge in [-0.05, 0) is 29.9 Å². The lowest BCUT2D eigenvalue weighted by molar-refractivity contribution is -0.126. The molecule has 0 fully saturated rings. The number of benzene rings is 1. The molecule has 0 atom stereocenters. The van der Waals surface area contributed by atoms with Crippen LogP contribution in [0, 0.1) is 0 Å². The third kappa shape index (κ3) is 2.81. The van der Waals surface area contributed by atoms with E-state index in [0.717, 1.165) is 0 Å². The van der Waals surface area contributed by atoms with Crippen molar-refractivity contribution < 1.29 is 15.0 Å². The lowest BCUT2D eigenvalue weighted by atomic mass is 10.1. The molecule has 1 amide bonds. The molecule has 6 N–H and O–H groups in total. The fourth-order valence-electron chi connectivity index (χ4n) is 1.06. The van der Waals surface area contributed by atoms with Crippen LogP contribution in [0.2, 0.25) is 0 Å². The fraction of sp³-hybridized carbons (Fsp3) is 0.111. The molecular weight excluding hydrogens is 230 g/mol. The number of phenols is 2. The summed E-state index contributed by atoms with van der Waals surface area (Å²) in [5.74, 6) is 4.22. The van der Waals surface area contributed by atoms with Crippen LogP contribution in [-0.4, -0.2) is 26.2 Å². The van der Waals surface area contributed by atoms with Crippen molar-refractivity contribution in [3.63, 3.8) is 0 Å². The van der Waals surface area contributed by atoms with Gasteiger partial charge in [0.05, 0.1) is 6.42 Å². The van der Waals surface area contributed by atoms with Gasteiger partial charge in [-0.2, -0.15) is 0 Å². The molecule has 0 heterocycles. The maximum atomic E-state index is 11.4. The summed E-state index contributed by atoms with van der Waals surface area (Å²) < 4.78 is 0. The Kier molecular flexibility index (Phi) is 3.64. The largest absolute Gasteiger partial charge is 0.504 e. The van der Waals surface area contributed by atoms with Crippen LogP contribution in [0.15, 0.2) is 18.2 Å². The van der Waals surface area contributed by atoms with Crippen LogP contribution in [0.5, 0.6) is 11.5 Å². The molecule has 16 heavy (non-hydrogen) atoms. The minimum absolute atomic E-state index is 0.0678. The van der Waals surface area contributed by atoms with E-state index in [9.17, 15) is 9.90 Å². The third-order valence-corrected chi connectivity index (χ3v) is 2.10. The summed E-state index contributed by atoms with van der Waals surface area (Å²) in [6.07, 6.45) is -0.0678. The molecule has 0 saturated heterocycles. The first-order valence-electron chi connectivity index (χ1n) is 4.29. The summed E-state index contributed by atoms with van der Waals surface area (Å²) in [7, 11) is 0. The maximum absolute atomic E-state index is 11.4. The Morgan fingerprint density at radius 1 is 1.38 bits per heavy atom. The van der Waals surface area contributed by atoms with E-state index in [-0.39, 0.29) is 23.0 Å². The van der Waals surface area contributed by atoms with Crippen molar-refractivity contribution in [1.29, 1.82) is 0 Å². The first-order chi connectivity index (χ1) is 7.41. The van der Waals surface area contributed by atoms with E-state index in [1.165, 1.54) is 18.2 Å². The van der Waals surface area contributed by atoms with E-state index in [4.69, 9.17) is 16.7 Å². The fourth-order valence-corrected chi connectivity index (χ4v) is 1.16. The van der Waals surface area contributed by atoms with Crippen molar-refractivity contribution in [3.8, 4) is 11.5 Å². The number of nitrogens with two attached hydrogens (primary N) is 2. The van der Waals surface area contributed by atoms with Crippen LogP contribution in [0.4, 0.5) is 0 Å². The number of hydrogen-bond donors (Lipinski definition) is 4. The highest BCUT2D eigenvalue weighted by Gasteiger charge is 2.13. The van der Waals surface area contributed by atoms with Gasteiger partial charge in [-0.3, -0.25) is 4.79 Å². The monoisotopic (exact) mass is 241 g/mol. The molecule has 0 radical (unpaired) electrons. The van der Waals surface area contributed by atoms with Crippen LogP contribution in [-0.2, 0) is 11.2 Å². The minimum atomic E-state index is -0.502. The molecule has 0 saturated carbocycles.